The molecule has 2 nitrogen and oxygen atoms in total. The summed E-state index contributed by atoms with van der Waals surface area (Å²) < 4.78 is 5.59. The van der Waals surface area contributed by atoms with Crippen LogP contribution in [-0.2, 0) is 16.1 Å². The molecule has 0 amide bonds. The first-order chi connectivity index (χ1) is 8.43. The number of carbonyl (C=O) groups is 1. The second kappa shape index (κ2) is 10.0. The number of hydrogen-bond donors (Lipinski definition) is 0. The zero-order chi connectivity index (χ0) is 12.2. The molecular formula is C15H22O2. The molecule has 0 N–H and O–H groups in total. The summed E-state index contributed by atoms with van der Waals surface area (Å²) in [5, 5.41) is 0. The maximum absolute atomic E-state index is 10.1. The van der Waals surface area contributed by atoms with Gasteiger partial charge in [0.1, 0.15) is 6.29 Å². The van der Waals surface area contributed by atoms with Crippen molar-refractivity contribution in [3.63, 3.8) is 0 Å². The zero-order valence-electron chi connectivity index (χ0n) is 10.4. The summed E-state index contributed by atoms with van der Waals surface area (Å²) in [6.07, 6.45) is 7.45. The predicted molar refractivity (Wildman–Crippen MR) is 69.9 cm³/mol. The predicted octanol–water partition coefficient (Wildman–Crippen LogP) is 3.74. The summed E-state index contributed by atoms with van der Waals surface area (Å²) in [4.78, 5) is 10.1. The minimum atomic E-state index is 0.713. The zero-order valence-corrected chi connectivity index (χ0v) is 10.4. The van der Waals surface area contributed by atoms with Gasteiger partial charge in [-0.3, -0.25) is 0 Å². The lowest BCUT2D eigenvalue weighted by atomic mass is 10.1. The molecule has 1 rings (SSSR count). The maximum Gasteiger partial charge on any atom is 0.119 e. The highest BCUT2D eigenvalue weighted by Gasteiger charge is 1.93. The van der Waals surface area contributed by atoms with Gasteiger partial charge in [-0.15, -0.1) is 0 Å². The molecule has 0 unspecified atom stereocenters. The van der Waals surface area contributed by atoms with E-state index < -0.39 is 0 Å². The second-order valence-corrected chi connectivity index (χ2v) is 4.26. The number of unbranched alkanes of at least 4 members (excludes halogenated alkanes) is 5. The van der Waals surface area contributed by atoms with E-state index in [1.807, 2.05) is 18.2 Å². The second-order valence-electron chi connectivity index (χ2n) is 4.26. The Morgan fingerprint density at radius 2 is 1.65 bits per heavy atom. The molecule has 0 fully saturated rings. The van der Waals surface area contributed by atoms with Gasteiger partial charge in [-0.25, -0.2) is 0 Å². The van der Waals surface area contributed by atoms with Crippen molar-refractivity contribution >= 4 is 6.29 Å². The van der Waals surface area contributed by atoms with E-state index in [1.165, 1.54) is 18.4 Å². The first-order valence-electron chi connectivity index (χ1n) is 6.49. The van der Waals surface area contributed by atoms with Gasteiger partial charge in [0, 0.05) is 13.0 Å². The van der Waals surface area contributed by atoms with Crippen LogP contribution in [0.1, 0.15) is 44.1 Å². The Labute approximate surface area is 104 Å². The Morgan fingerprint density at radius 3 is 2.41 bits per heavy atom. The topological polar surface area (TPSA) is 26.3 Å². The normalized spacial score (nSPS) is 10.4. The Hall–Kier alpha value is -1.15. The molecule has 0 spiro atoms. The smallest absolute Gasteiger partial charge is 0.119 e. The molecule has 0 aliphatic carbocycles. The molecule has 0 saturated carbocycles. The highest BCUT2D eigenvalue weighted by molar-refractivity contribution is 5.48. The molecule has 2 heteroatoms. The lowest BCUT2D eigenvalue weighted by Gasteiger charge is -2.04. The number of benzene rings is 1. The number of hydrogen-bond acceptors (Lipinski definition) is 2. The van der Waals surface area contributed by atoms with E-state index in [-0.39, 0.29) is 0 Å². The molecule has 1 aromatic rings. The van der Waals surface area contributed by atoms with Crippen LogP contribution in [0.2, 0.25) is 0 Å². The summed E-state index contributed by atoms with van der Waals surface area (Å²) >= 11 is 0. The Bertz CT molecular complexity index is 282. The molecule has 0 radical (unpaired) electrons. The van der Waals surface area contributed by atoms with Gasteiger partial charge in [-0.2, -0.15) is 0 Å². The Morgan fingerprint density at radius 1 is 0.941 bits per heavy atom. The van der Waals surface area contributed by atoms with E-state index in [2.05, 4.69) is 12.1 Å². The van der Waals surface area contributed by atoms with Crippen molar-refractivity contribution in [3.05, 3.63) is 35.9 Å². The van der Waals surface area contributed by atoms with Crippen molar-refractivity contribution in [2.24, 2.45) is 0 Å². The summed E-state index contributed by atoms with van der Waals surface area (Å²) in [6, 6.07) is 10.2. The molecule has 0 saturated heterocycles. The molecule has 0 aromatic heterocycles. The van der Waals surface area contributed by atoms with Crippen LogP contribution in [0.3, 0.4) is 0 Å². The molecule has 1 aromatic carbocycles. The number of carbonyl (C=O) groups excluding carboxylic acids is 1. The third kappa shape index (κ3) is 7.70. The standard InChI is InChI=1S/C15H22O2/c16-12-8-3-1-2-4-9-13-17-14-15-10-6-5-7-11-15/h5-7,10-12H,1-4,8-9,13-14H2. The van der Waals surface area contributed by atoms with Crippen molar-refractivity contribution in [2.45, 2.75) is 45.1 Å². The highest BCUT2D eigenvalue weighted by Crippen LogP contribution is 2.06. The number of rotatable bonds is 10. The van der Waals surface area contributed by atoms with E-state index >= 15 is 0 Å². The van der Waals surface area contributed by atoms with Crippen LogP contribution in [0, 0.1) is 0 Å². The summed E-state index contributed by atoms with van der Waals surface area (Å²) in [5.74, 6) is 0. The Kier molecular flexibility index (Phi) is 8.21. The highest BCUT2D eigenvalue weighted by atomic mass is 16.5. The van der Waals surface area contributed by atoms with Gasteiger partial charge in [0.15, 0.2) is 0 Å². The maximum atomic E-state index is 10.1. The minimum absolute atomic E-state index is 0.713. The van der Waals surface area contributed by atoms with Crippen LogP contribution in [0.25, 0.3) is 0 Å². The summed E-state index contributed by atoms with van der Waals surface area (Å²) in [7, 11) is 0. The molecule has 0 aliphatic rings. The van der Waals surface area contributed by atoms with Gasteiger partial charge in [0.25, 0.3) is 0 Å². The van der Waals surface area contributed by atoms with E-state index in [1.54, 1.807) is 0 Å². The van der Waals surface area contributed by atoms with Crippen molar-refractivity contribution in [1.82, 2.24) is 0 Å². The van der Waals surface area contributed by atoms with Crippen molar-refractivity contribution in [2.75, 3.05) is 6.61 Å². The molecule has 94 valence electrons. The largest absolute Gasteiger partial charge is 0.377 e. The quantitative estimate of drug-likeness (QED) is 0.455. The third-order valence-corrected chi connectivity index (χ3v) is 2.72. The molecular weight excluding hydrogens is 212 g/mol. The molecule has 0 bridgehead atoms. The fraction of sp³-hybridized carbons (Fsp3) is 0.533. The average Bonchev–Trinajstić information content (AvgIpc) is 2.38. The first kappa shape index (κ1) is 13.9. The molecule has 0 atom stereocenters. The van der Waals surface area contributed by atoms with Crippen molar-refractivity contribution < 1.29 is 9.53 Å². The van der Waals surface area contributed by atoms with E-state index in [4.69, 9.17) is 4.74 Å². The van der Waals surface area contributed by atoms with Crippen LogP contribution in [0.4, 0.5) is 0 Å². The fourth-order valence-corrected chi connectivity index (χ4v) is 1.73. The summed E-state index contributed by atoms with van der Waals surface area (Å²) in [5.41, 5.74) is 1.23. The molecule has 0 heterocycles. The van der Waals surface area contributed by atoms with Crippen LogP contribution >= 0.6 is 0 Å². The van der Waals surface area contributed by atoms with E-state index in [9.17, 15) is 4.79 Å². The van der Waals surface area contributed by atoms with Crippen LogP contribution < -0.4 is 0 Å². The van der Waals surface area contributed by atoms with Gasteiger partial charge in [0.2, 0.25) is 0 Å². The van der Waals surface area contributed by atoms with Crippen molar-refractivity contribution in [1.29, 1.82) is 0 Å². The monoisotopic (exact) mass is 234 g/mol. The molecule has 17 heavy (non-hydrogen) atoms. The third-order valence-electron chi connectivity index (χ3n) is 2.72. The fourth-order valence-electron chi connectivity index (χ4n) is 1.73. The summed E-state index contributed by atoms with van der Waals surface area (Å²) in [6.45, 7) is 1.55. The Balaban J connectivity index is 1.86. The van der Waals surface area contributed by atoms with E-state index in [0.29, 0.717) is 13.0 Å². The lowest BCUT2D eigenvalue weighted by molar-refractivity contribution is -0.107. The van der Waals surface area contributed by atoms with Gasteiger partial charge >= 0.3 is 0 Å². The van der Waals surface area contributed by atoms with E-state index in [0.717, 1.165) is 32.2 Å². The molecule has 0 aliphatic heterocycles. The van der Waals surface area contributed by atoms with Gasteiger partial charge in [-0.1, -0.05) is 49.6 Å². The first-order valence-corrected chi connectivity index (χ1v) is 6.49. The van der Waals surface area contributed by atoms with Crippen molar-refractivity contribution in [3.8, 4) is 0 Å². The van der Waals surface area contributed by atoms with Crippen LogP contribution in [0.5, 0.6) is 0 Å². The van der Waals surface area contributed by atoms with Crippen LogP contribution in [0.15, 0.2) is 30.3 Å². The number of ether oxygens (including phenoxy) is 1. The SMILES string of the molecule is O=CCCCCCCCOCc1ccccc1. The number of aldehydes is 1. The van der Waals surface area contributed by atoms with Crippen LogP contribution in [-0.4, -0.2) is 12.9 Å². The van der Waals surface area contributed by atoms with Gasteiger partial charge in [-0.05, 0) is 18.4 Å². The minimum Gasteiger partial charge on any atom is -0.377 e. The van der Waals surface area contributed by atoms with Gasteiger partial charge < -0.3 is 9.53 Å². The van der Waals surface area contributed by atoms with Gasteiger partial charge in [0.05, 0.1) is 6.61 Å². The average molecular weight is 234 g/mol. The lowest BCUT2D eigenvalue weighted by Crippen LogP contribution is -1.95.